The molecule has 6 aromatic carbocycles. The van der Waals surface area contributed by atoms with Gasteiger partial charge in [0.25, 0.3) is 0 Å². The number of halogens is 1. The van der Waals surface area contributed by atoms with Crippen molar-refractivity contribution in [2.24, 2.45) is 10.7 Å². The van der Waals surface area contributed by atoms with Gasteiger partial charge in [0.1, 0.15) is 5.82 Å². The van der Waals surface area contributed by atoms with Crippen LogP contribution in [0.4, 0.5) is 4.39 Å². The fourth-order valence-electron chi connectivity index (χ4n) is 6.62. The van der Waals surface area contributed by atoms with E-state index in [1.807, 2.05) is 53.1 Å². The van der Waals surface area contributed by atoms with Gasteiger partial charge in [-0.2, -0.15) is 5.26 Å². The molecule has 6 heteroatoms. The van der Waals surface area contributed by atoms with E-state index in [1.54, 1.807) is 30.3 Å². The van der Waals surface area contributed by atoms with Gasteiger partial charge in [-0.25, -0.2) is 9.38 Å². The van der Waals surface area contributed by atoms with Crippen LogP contribution in [-0.2, 0) is 0 Å². The monoisotopic (exact) mass is 621 g/mol. The van der Waals surface area contributed by atoms with Gasteiger partial charge in [0.05, 0.1) is 39.4 Å². The van der Waals surface area contributed by atoms with E-state index in [1.165, 1.54) is 12.1 Å². The summed E-state index contributed by atoms with van der Waals surface area (Å²) in [5.41, 5.74) is 14.8. The van der Waals surface area contributed by atoms with Crippen LogP contribution >= 0.6 is 0 Å². The van der Waals surface area contributed by atoms with Crippen molar-refractivity contribution in [3.8, 4) is 11.8 Å². The van der Waals surface area contributed by atoms with Crippen molar-refractivity contribution in [3.63, 3.8) is 0 Å². The average Bonchev–Trinajstić information content (AvgIpc) is 3.65. The standard InChI is InChI=1S/C42H28FN5/c1-27(29-12-9-11-28(24-29)26-44)23-37(30-13-10-14-31(43)25-30)46-42(45)48-39-20-8-6-18-34(39)36-22-21-35-33-17-5-7-19-38(33)47(40(35)41(36)48)32-15-3-2-4-16-32/h2-25H,1H2,(H2,45,46)/b37-23-. The molecule has 0 atom stereocenters. The second-order valence-corrected chi connectivity index (χ2v) is 11.6. The minimum absolute atomic E-state index is 0.215. The number of nitriles is 1. The van der Waals surface area contributed by atoms with Crippen LogP contribution in [-0.4, -0.2) is 15.1 Å². The molecule has 0 saturated heterocycles. The predicted octanol–water partition coefficient (Wildman–Crippen LogP) is 9.82. The molecule has 5 nitrogen and oxygen atoms in total. The first-order chi connectivity index (χ1) is 23.5. The Morgan fingerprint density at radius 3 is 2.08 bits per heavy atom. The molecule has 0 saturated carbocycles. The second-order valence-electron chi connectivity index (χ2n) is 11.6. The van der Waals surface area contributed by atoms with E-state index in [2.05, 4.69) is 71.8 Å². The molecule has 228 valence electrons. The molecule has 0 aliphatic rings. The third-order valence-electron chi connectivity index (χ3n) is 8.74. The summed E-state index contributed by atoms with van der Waals surface area (Å²) in [5.74, 6) is -0.178. The molecule has 2 heterocycles. The largest absolute Gasteiger partial charge is 0.369 e. The van der Waals surface area contributed by atoms with Crippen molar-refractivity contribution >= 4 is 60.8 Å². The zero-order valence-electron chi connectivity index (χ0n) is 25.8. The normalized spacial score (nSPS) is 12.2. The van der Waals surface area contributed by atoms with Crippen LogP contribution in [0, 0.1) is 17.1 Å². The zero-order chi connectivity index (χ0) is 32.8. The van der Waals surface area contributed by atoms with Gasteiger partial charge in [-0.15, -0.1) is 0 Å². The molecule has 2 aromatic heterocycles. The predicted molar refractivity (Wildman–Crippen MR) is 195 cm³/mol. The summed E-state index contributed by atoms with van der Waals surface area (Å²) in [5, 5.41) is 13.7. The number of allylic oxidation sites excluding steroid dienone is 2. The van der Waals surface area contributed by atoms with Crippen molar-refractivity contribution in [2.75, 3.05) is 0 Å². The SMILES string of the molecule is C=C(/C=C(\N=C(N)n1c2ccccc2c2ccc3c4ccccc4n(-c4ccccc4)c3c21)c1cccc(F)c1)c1cccc(C#N)c1. The molecule has 8 aromatic rings. The first kappa shape index (κ1) is 28.7. The summed E-state index contributed by atoms with van der Waals surface area (Å²) in [6.45, 7) is 4.27. The number of hydrogen-bond donors (Lipinski definition) is 1. The minimum atomic E-state index is -0.393. The number of aliphatic imine (C=N–C) groups is 1. The van der Waals surface area contributed by atoms with Gasteiger partial charge in [-0.05, 0) is 65.7 Å². The van der Waals surface area contributed by atoms with E-state index in [-0.39, 0.29) is 5.96 Å². The van der Waals surface area contributed by atoms with Gasteiger partial charge in [0.2, 0.25) is 5.96 Å². The molecule has 0 aliphatic carbocycles. The molecule has 0 fully saturated rings. The van der Waals surface area contributed by atoms with Crippen LogP contribution in [0.15, 0.2) is 157 Å². The Kier molecular flexibility index (Phi) is 6.93. The Bertz CT molecular complexity index is 2670. The first-order valence-electron chi connectivity index (χ1n) is 15.5. The fourth-order valence-corrected chi connectivity index (χ4v) is 6.62. The minimum Gasteiger partial charge on any atom is -0.369 e. The number of benzene rings is 6. The number of rotatable bonds is 5. The van der Waals surface area contributed by atoms with Crippen LogP contribution < -0.4 is 5.73 Å². The van der Waals surface area contributed by atoms with E-state index in [4.69, 9.17) is 10.7 Å². The van der Waals surface area contributed by atoms with E-state index >= 15 is 0 Å². The van der Waals surface area contributed by atoms with Crippen LogP contribution in [0.5, 0.6) is 0 Å². The van der Waals surface area contributed by atoms with E-state index < -0.39 is 5.82 Å². The average molecular weight is 622 g/mol. The lowest BCUT2D eigenvalue weighted by molar-refractivity contribution is 0.627. The Labute approximate surface area is 276 Å². The summed E-state index contributed by atoms with van der Waals surface area (Å²) in [6, 6.07) is 46.8. The molecular formula is C42H28FN5. The first-order valence-corrected chi connectivity index (χ1v) is 15.5. The fraction of sp³-hybridized carbons (Fsp3) is 0. The van der Waals surface area contributed by atoms with Crippen LogP contribution in [0.2, 0.25) is 0 Å². The Morgan fingerprint density at radius 1 is 0.688 bits per heavy atom. The summed E-state index contributed by atoms with van der Waals surface area (Å²) in [6.07, 6.45) is 1.78. The smallest absolute Gasteiger partial charge is 0.205 e. The Balaban J connectivity index is 1.45. The van der Waals surface area contributed by atoms with Crippen molar-refractivity contribution < 1.29 is 4.39 Å². The third-order valence-corrected chi connectivity index (χ3v) is 8.74. The molecule has 0 amide bonds. The topological polar surface area (TPSA) is 72.0 Å². The van der Waals surface area contributed by atoms with Crippen molar-refractivity contribution in [3.05, 3.63) is 175 Å². The van der Waals surface area contributed by atoms with Crippen LogP contribution in [0.1, 0.15) is 16.7 Å². The maximum absolute atomic E-state index is 14.6. The number of para-hydroxylation sites is 3. The molecule has 2 N–H and O–H groups in total. The van der Waals surface area contributed by atoms with Crippen molar-refractivity contribution in [1.82, 2.24) is 9.13 Å². The van der Waals surface area contributed by atoms with Crippen LogP contribution in [0.25, 0.3) is 60.6 Å². The lowest BCUT2D eigenvalue weighted by Gasteiger charge is -2.13. The number of nitrogens with zero attached hydrogens (tertiary/aromatic N) is 4. The van der Waals surface area contributed by atoms with E-state index in [9.17, 15) is 9.65 Å². The summed E-state index contributed by atoms with van der Waals surface area (Å²) in [7, 11) is 0. The van der Waals surface area contributed by atoms with Gasteiger partial charge in [-0.1, -0.05) is 97.6 Å². The quantitative estimate of drug-likeness (QED) is 0.118. The highest BCUT2D eigenvalue weighted by Crippen LogP contribution is 2.40. The Morgan fingerprint density at radius 2 is 1.33 bits per heavy atom. The molecule has 0 aliphatic heterocycles. The number of nitrogens with two attached hydrogens (primary N) is 1. The number of hydrogen-bond acceptors (Lipinski definition) is 2. The van der Waals surface area contributed by atoms with Crippen molar-refractivity contribution in [2.45, 2.75) is 0 Å². The highest BCUT2D eigenvalue weighted by Gasteiger charge is 2.21. The highest BCUT2D eigenvalue weighted by atomic mass is 19.1. The molecule has 48 heavy (non-hydrogen) atoms. The lowest BCUT2D eigenvalue weighted by atomic mass is 10.0. The van der Waals surface area contributed by atoms with E-state index in [0.29, 0.717) is 22.4 Å². The molecular weight excluding hydrogens is 593 g/mol. The molecule has 0 radical (unpaired) electrons. The summed E-state index contributed by atoms with van der Waals surface area (Å²) < 4.78 is 18.9. The van der Waals surface area contributed by atoms with Crippen molar-refractivity contribution in [1.29, 1.82) is 5.26 Å². The molecule has 0 bridgehead atoms. The summed E-state index contributed by atoms with van der Waals surface area (Å²) in [4.78, 5) is 5.02. The van der Waals surface area contributed by atoms with Gasteiger partial charge in [-0.3, -0.25) is 4.57 Å². The third kappa shape index (κ3) is 4.74. The maximum Gasteiger partial charge on any atom is 0.205 e. The van der Waals surface area contributed by atoms with Gasteiger partial charge < -0.3 is 10.3 Å². The zero-order valence-corrected chi connectivity index (χ0v) is 25.8. The highest BCUT2D eigenvalue weighted by molar-refractivity contribution is 6.25. The van der Waals surface area contributed by atoms with Gasteiger partial charge in [0.15, 0.2) is 0 Å². The molecule has 0 unspecified atom stereocenters. The number of fused-ring (bicyclic) bond motifs is 7. The molecule has 8 rings (SSSR count). The Hall–Kier alpha value is -6.71. The maximum atomic E-state index is 14.6. The lowest BCUT2D eigenvalue weighted by Crippen LogP contribution is -2.22. The molecule has 0 spiro atoms. The van der Waals surface area contributed by atoms with Crippen LogP contribution in [0.3, 0.4) is 0 Å². The van der Waals surface area contributed by atoms with Gasteiger partial charge in [0, 0.05) is 32.8 Å². The van der Waals surface area contributed by atoms with E-state index in [0.717, 1.165) is 54.9 Å². The number of aromatic nitrogens is 2. The second kappa shape index (κ2) is 11.6. The van der Waals surface area contributed by atoms with Gasteiger partial charge >= 0.3 is 0 Å². The summed E-state index contributed by atoms with van der Waals surface area (Å²) >= 11 is 0.